The molecule has 0 aliphatic carbocycles. The lowest BCUT2D eigenvalue weighted by Crippen LogP contribution is -2.44. The third-order valence-corrected chi connectivity index (χ3v) is 5.14. The van der Waals surface area contributed by atoms with Crippen molar-refractivity contribution in [2.24, 2.45) is 0 Å². The minimum Gasteiger partial charge on any atom is -0.496 e. The number of amides is 2. The Morgan fingerprint density at radius 3 is 2.46 bits per heavy atom. The zero-order chi connectivity index (χ0) is 20.3. The smallest absolute Gasteiger partial charge is 0.336 e. The van der Waals surface area contributed by atoms with Gasteiger partial charge in [-0.25, -0.2) is 4.79 Å². The molecule has 9 heteroatoms. The van der Waals surface area contributed by atoms with Crippen LogP contribution in [0.1, 0.15) is 26.3 Å². The molecule has 2 aromatic carbocycles. The molecule has 0 spiro atoms. The number of benzene rings is 2. The maximum atomic E-state index is 12.7. The number of thioether (sulfide) groups is 1. The largest absolute Gasteiger partial charge is 0.496 e. The first-order valence-electron chi connectivity index (χ1n) is 7.96. The molecule has 7 nitrogen and oxygen atoms in total. The van der Waals surface area contributed by atoms with E-state index in [0.29, 0.717) is 11.3 Å². The highest BCUT2D eigenvalue weighted by molar-refractivity contribution is 8.26. The number of aromatic carboxylic acids is 1. The van der Waals surface area contributed by atoms with Gasteiger partial charge in [-0.2, -0.15) is 5.01 Å². The van der Waals surface area contributed by atoms with Crippen LogP contribution in [-0.2, 0) is 4.79 Å². The van der Waals surface area contributed by atoms with Gasteiger partial charge in [0.1, 0.15) is 5.75 Å². The normalized spacial score (nSPS) is 15.0. The van der Waals surface area contributed by atoms with Gasteiger partial charge >= 0.3 is 5.97 Å². The van der Waals surface area contributed by atoms with Crippen LogP contribution < -0.4 is 10.2 Å². The summed E-state index contributed by atoms with van der Waals surface area (Å²) in [5.74, 6) is -1.84. The maximum absolute atomic E-state index is 12.7. The molecule has 0 bridgehead atoms. The van der Waals surface area contributed by atoms with Crippen LogP contribution in [0.4, 0.5) is 0 Å². The third kappa shape index (κ3) is 3.90. The lowest BCUT2D eigenvalue weighted by atomic mass is 10.1. The standard InChI is InChI=1S/C19H14N2O5S2/c1-26-14-9-5-4-8-13(14)16(22)20-21-17(23)15(28-19(21)27)10-11-6-2-3-7-12(11)18(24)25/h2-10H,1H3,(H,20,22)(H,24,25)/b15-10+. The van der Waals surface area contributed by atoms with Crippen molar-refractivity contribution in [3.8, 4) is 5.75 Å². The average molecular weight is 414 g/mol. The van der Waals surface area contributed by atoms with Crippen molar-refractivity contribution in [3.63, 3.8) is 0 Å². The van der Waals surface area contributed by atoms with Crippen LogP contribution in [0.2, 0.25) is 0 Å². The number of hydrazine groups is 1. The van der Waals surface area contributed by atoms with Gasteiger partial charge in [0.2, 0.25) is 0 Å². The fraction of sp³-hybridized carbons (Fsp3) is 0.0526. The number of nitrogens with zero attached hydrogens (tertiary/aromatic N) is 1. The van der Waals surface area contributed by atoms with Gasteiger partial charge in [0.15, 0.2) is 4.32 Å². The molecule has 0 aromatic heterocycles. The zero-order valence-corrected chi connectivity index (χ0v) is 16.2. The second kappa shape index (κ2) is 8.24. The quantitative estimate of drug-likeness (QED) is 0.574. The molecule has 0 unspecified atom stereocenters. The van der Waals surface area contributed by atoms with Crippen molar-refractivity contribution < 1.29 is 24.2 Å². The van der Waals surface area contributed by atoms with Gasteiger partial charge in [0.05, 0.1) is 23.1 Å². The van der Waals surface area contributed by atoms with Gasteiger partial charge < -0.3 is 9.84 Å². The Morgan fingerprint density at radius 2 is 1.79 bits per heavy atom. The van der Waals surface area contributed by atoms with Crippen LogP contribution in [0.25, 0.3) is 6.08 Å². The van der Waals surface area contributed by atoms with Gasteiger partial charge in [-0.1, -0.05) is 42.1 Å². The second-order valence-corrected chi connectivity index (χ2v) is 7.23. The van der Waals surface area contributed by atoms with E-state index in [1.165, 1.54) is 19.3 Å². The molecule has 1 saturated heterocycles. The van der Waals surface area contributed by atoms with Gasteiger partial charge in [0, 0.05) is 0 Å². The number of thiocarbonyl (C=S) groups is 1. The highest BCUT2D eigenvalue weighted by atomic mass is 32.2. The topological polar surface area (TPSA) is 95.9 Å². The number of carbonyl (C=O) groups is 3. The van der Waals surface area contributed by atoms with E-state index in [2.05, 4.69) is 5.43 Å². The molecule has 0 radical (unpaired) electrons. The summed E-state index contributed by atoms with van der Waals surface area (Å²) in [7, 11) is 1.44. The van der Waals surface area contributed by atoms with Crippen molar-refractivity contribution in [2.75, 3.05) is 7.11 Å². The molecule has 1 fully saturated rings. The molecular formula is C19H14N2O5S2. The number of carbonyl (C=O) groups excluding carboxylic acids is 2. The van der Waals surface area contributed by atoms with E-state index in [1.54, 1.807) is 42.5 Å². The summed E-state index contributed by atoms with van der Waals surface area (Å²) in [5, 5.41) is 10.2. The van der Waals surface area contributed by atoms with Crippen molar-refractivity contribution in [3.05, 3.63) is 70.1 Å². The number of methoxy groups -OCH3 is 1. The Labute approximate surface area is 170 Å². The highest BCUT2D eigenvalue weighted by Gasteiger charge is 2.34. The SMILES string of the molecule is COc1ccccc1C(=O)NN1C(=O)/C(=C\c2ccccc2C(=O)O)SC1=S. The summed E-state index contributed by atoms with van der Waals surface area (Å²) in [6.07, 6.45) is 1.44. The first kappa shape index (κ1) is 19.6. The summed E-state index contributed by atoms with van der Waals surface area (Å²) >= 11 is 6.16. The summed E-state index contributed by atoms with van der Waals surface area (Å²) in [6.45, 7) is 0. The molecular weight excluding hydrogens is 400 g/mol. The zero-order valence-electron chi connectivity index (χ0n) is 14.5. The summed E-state index contributed by atoms with van der Waals surface area (Å²) in [6, 6.07) is 12.9. The van der Waals surface area contributed by atoms with Crippen LogP contribution >= 0.6 is 24.0 Å². The maximum Gasteiger partial charge on any atom is 0.336 e. The van der Waals surface area contributed by atoms with E-state index < -0.39 is 17.8 Å². The van der Waals surface area contributed by atoms with E-state index in [9.17, 15) is 19.5 Å². The molecule has 0 saturated carbocycles. The van der Waals surface area contributed by atoms with E-state index >= 15 is 0 Å². The number of carboxylic acid groups (broad SMARTS) is 1. The minimum atomic E-state index is -1.10. The van der Waals surface area contributed by atoms with Crippen LogP contribution in [0.15, 0.2) is 53.4 Å². The predicted octanol–water partition coefficient (Wildman–Crippen LogP) is 2.94. The Morgan fingerprint density at radius 1 is 1.14 bits per heavy atom. The average Bonchev–Trinajstić information content (AvgIpc) is 2.95. The summed E-state index contributed by atoms with van der Waals surface area (Å²) in [4.78, 5) is 36.8. The van der Waals surface area contributed by atoms with Crippen molar-refractivity contribution in [2.45, 2.75) is 0 Å². The number of nitrogens with one attached hydrogen (secondary N) is 1. The molecule has 2 aromatic rings. The molecule has 1 heterocycles. The van der Waals surface area contributed by atoms with Gasteiger partial charge in [0.25, 0.3) is 11.8 Å². The fourth-order valence-electron chi connectivity index (χ4n) is 2.52. The molecule has 2 amide bonds. The number of ether oxygens (including phenoxy) is 1. The second-order valence-electron chi connectivity index (χ2n) is 5.55. The van der Waals surface area contributed by atoms with E-state index in [0.717, 1.165) is 16.8 Å². The van der Waals surface area contributed by atoms with E-state index in [1.807, 2.05) is 0 Å². The van der Waals surface area contributed by atoms with E-state index in [4.69, 9.17) is 17.0 Å². The van der Waals surface area contributed by atoms with Crippen LogP contribution in [0, 0.1) is 0 Å². The Balaban J connectivity index is 1.85. The first-order valence-corrected chi connectivity index (χ1v) is 9.19. The third-order valence-electron chi connectivity index (χ3n) is 3.84. The minimum absolute atomic E-state index is 0.0609. The van der Waals surface area contributed by atoms with Crippen LogP contribution in [0.3, 0.4) is 0 Å². The first-order chi connectivity index (χ1) is 13.4. The summed E-state index contributed by atoms with van der Waals surface area (Å²) in [5.41, 5.74) is 3.15. The number of hydrogen-bond acceptors (Lipinski definition) is 6. The predicted molar refractivity (Wildman–Crippen MR) is 109 cm³/mol. The van der Waals surface area contributed by atoms with Crippen molar-refractivity contribution in [1.29, 1.82) is 0 Å². The Bertz CT molecular complexity index is 1020. The van der Waals surface area contributed by atoms with Gasteiger partial charge in [-0.3, -0.25) is 15.0 Å². The molecule has 142 valence electrons. The molecule has 0 atom stereocenters. The number of para-hydroxylation sites is 1. The van der Waals surface area contributed by atoms with Gasteiger partial charge in [-0.05, 0) is 42.1 Å². The highest BCUT2D eigenvalue weighted by Crippen LogP contribution is 2.32. The number of carboxylic acids is 1. The van der Waals surface area contributed by atoms with Crippen molar-refractivity contribution >= 4 is 52.2 Å². The molecule has 28 heavy (non-hydrogen) atoms. The summed E-state index contributed by atoms with van der Waals surface area (Å²) < 4.78 is 5.28. The van der Waals surface area contributed by atoms with Crippen LogP contribution in [-0.4, -0.2) is 39.3 Å². The molecule has 1 aliphatic rings. The molecule has 1 aliphatic heterocycles. The monoisotopic (exact) mass is 414 g/mol. The Kier molecular flexibility index (Phi) is 5.76. The van der Waals surface area contributed by atoms with Gasteiger partial charge in [-0.15, -0.1) is 0 Å². The lowest BCUT2D eigenvalue weighted by Gasteiger charge is -2.16. The lowest BCUT2D eigenvalue weighted by molar-refractivity contribution is -0.123. The number of rotatable bonds is 5. The fourth-order valence-corrected chi connectivity index (χ4v) is 3.69. The van der Waals surface area contributed by atoms with E-state index in [-0.39, 0.29) is 20.4 Å². The van der Waals surface area contributed by atoms with Crippen LogP contribution in [0.5, 0.6) is 5.75 Å². The molecule has 2 N–H and O–H groups in total. The number of hydrogen-bond donors (Lipinski definition) is 2. The molecule has 3 rings (SSSR count). The van der Waals surface area contributed by atoms with Crippen molar-refractivity contribution in [1.82, 2.24) is 10.4 Å². The Hall–Kier alpha value is -3.17.